The molecule has 1 heterocycles. The molecule has 0 aromatic heterocycles. The molecular formula is C31H33ClN6O4. The van der Waals surface area contributed by atoms with Gasteiger partial charge in [0.25, 0.3) is 5.91 Å². The highest BCUT2D eigenvalue weighted by molar-refractivity contribution is 6.30. The smallest absolute Gasteiger partial charge is 0.266 e. The van der Waals surface area contributed by atoms with Crippen molar-refractivity contribution < 1.29 is 19.4 Å². The van der Waals surface area contributed by atoms with Crippen LogP contribution in [-0.4, -0.2) is 42.2 Å². The van der Waals surface area contributed by atoms with Gasteiger partial charge in [-0.2, -0.15) is 0 Å². The van der Waals surface area contributed by atoms with Crippen LogP contribution in [0.5, 0.6) is 5.75 Å². The second-order valence-electron chi connectivity index (χ2n) is 9.63. The third-order valence-electron chi connectivity index (χ3n) is 6.78. The SMILES string of the molecule is C=CC[C@]1(C(=O)NNCCc2ccc(Cl)cc2)N=C(c2ccc(OCCCO)cc2)O[C@H]1c1ccccc1CN=[N+]=[N-]. The lowest BCUT2D eigenvalue weighted by Gasteiger charge is -2.30. The first kappa shape index (κ1) is 30.6. The second kappa shape index (κ2) is 15.0. The first-order chi connectivity index (χ1) is 20.5. The summed E-state index contributed by atoms with van der Waals surface area (Å²) in [5, 5.41) is 13.4. The summed E-state index contributed by atoms with van der Waals surface area (Å²) in [7, 11) is 0. The predicted octanol–water partition coefficient (Wildman–Crippen LogP) is 5.61. The van der Waals surface area contributed by atoms with E-state index in [0.29, 0.717) is 53.8 Å². The number of ether oxygens (including phenoxy) is 2. The summed E-state index contributed by atoms with van der Waals surface area (Å²) >= 11 is 5.98. The summed E-state index contributed by atoms with van der Waals surface area (Å²) in [6.07, 6.45) is 2.20. The maximum absolute atomic E-state index is 14.0. The number of rotatable bonds is 15. The van der Waals surface area contributed by atoms with Gasteiger partial charge >= 0.3 is 0 Å². The van der Waals surface area contributed by atoms with Gasteiger partial charge in [0.1, 0.15) is 5.75 Å². The average Bonchev–Trinajstić information content (AvgIpc) is 3.40. The van der Waals surface area contributed by atoms with E-state index in [1.54, 1.807) is 18.2 Å². The molecule has 10 nitrogen and oxygen atoms in total. The molecule has 0 saturated heterocycles. The Morgan fingerprint density at radius 2 is 1.95 bits per heavy atom. The van der Waals surface area contributed by atoms with E-state index in [9.17, 15) is 4.79 Å². The van der Waals surface area contributed by atoms with Gasteiger partial charge in [-0.25, -0.2) is 10.4 Å². The molecule has 42 heavy (non-hydrogen) atoms. The topological polar surface area (TPSA) is 141 Å². The number of hydrazine groups is 1. The van der Waals surface area contributed by atoms with Gasteiger partial charge in [0, 0.05) is 41.5 Å². The van der Waals surface area contributed by atoms with Crippen LogP contribution in [0.25, 0.3) is 10.4 Å². The number of carbonyl (C=O) groups is 1. The zero-order valence-corrected chi connectivity index (χ0v) is 23.8. The van der Waals surface area contributed by atoms with Crippen LogP contribution in [0.4, 0.5) is 0 Å². The van der Waals surface area contributed by atoms with Crippen LogP contribution < -0.4 is 15.6 Å². The van der Waals surface area contributed by atoms with Crippen LogP contribution in [0.3, 0.4) is 0 Å². The Balaban J connectivity index is 1.62. The van der Waals surface area contributed by atoms with Gasteiger partial charge in [-0.05, 0) is 65.0 Å². The van der Waals surface area contributed by atoms with E-state index in [4.69, 9.17) is 36.7 Å². The van der Waals surface area contributed by atoms with Crippen molar-refractivity contribution in [2.75, 3.05) is 19.8 Å². The Kier molecular flexibility index (Phi) is 11.0. The van der Waals surface area contributed by atoms with E-state index in [2.05, 4.69) is 27.5 Å². The third kappa shape index (κ3) is 7.48. The summed E-state index contributed by atoms with van der Waals surface area (Å²) in [5.41, 5.74) is 16.5. The van der Waals surface area contributed by atoms with Crippen LogP contribution in [0, 0.1) is 0 Å². The molecule has 2 atom stereocenters. The molecule has 218 valence electrons. The number of azide groups is 1. The van der Waals surface area contributed by atoms with Crippen molar-refractivity contribution >= 4 is 23.4 Å². The van der Waals surface area contributed by atoms with Gasteiger partial charge in [0.15, 0.2) is 11.6 Å². The minimum atomic E-state index is -1.40. The number of hydrogen-bond acceptors (Lipinski definition) is 7. The highest BCUT2D eigenvalue weighted by Gasteiger charge is 2.53. The maximum atomic E-state index is 14.0. The molecule has 1 amide bonds. The number of nitrogens with one attached hydrogen (secondary N) is 2. The Bertz CT molecular complexity index is 1440. The van der Waals surface area contributed by atoms with Gasteiger partial charge in [0.05, 0.1) is 13.2 Å². The number of halogens is 1. The number of hydrogen-bond donors (Lipinski definition) is 3. The molecule has 0 spiro atoms. The lowest BCUT2D eigenvalue weighted by Crippen LogP contribution is -2.53. The molecule has 0 fully saturated rings. The Labute approximate surface area is 249 Å². The summed E-state index contributed by atoms with van der Waals surface area (Å²) in [6, 6.07) is 22.1. The summed E-state index contributed by atoms with van der Waals surface area (Å²) in [6.45, 7) is 4.91. The van der Waals surface area contributed by atoms with Crippen molar-refractivity contribution in [2.24, 2.45) is 10.1 Å². The molecule has 1 aliphatic rings. The van der Waals surface area contributed by atoms with E-state index in [1.807, 2.05) is 60.7 Å². The van der Waals surface area contributed by atoms with Crippen molar-refractivity contribution in [2.45, 2.75) is 37.5 Å². The number of aliphatic imine (C=N–C) groups is 1. The number of amides is 1. The van der Waals surface area contributed by atoms with Crippen molar-refractivity contribution in [1.82, 2.24) is 10.9 Å². The number of nitrogens with zero attached hydrogens (tertiary/aromatic N) is 4. The summed E-state index contributed by atoms with van der Waals surface area (Å²) in [4.78, 5) is 21.7. The number of aliphatic hydroxyl groups is 1. The Morgan fingerprint density at radius 3 is 2.67 bits per heavy atom. The van der Waals surface area contributed by atoms with Gasteiger partial charge < -0.3 is 14.6 Å². The molecule has 3 N–H and O–H groups in total. The monoisotopic (exact) mass is 588 g/mol. The van der Waals surface area contributed by atoms with Crippen molar-refractivity contribution in [1.29, 1.82) is 0 Å². The van der Waals surface area contributed by atoms with E-state index in [-0.39, 0.29) is 25.5 Å². The van der Waals surface area contributed by atoms with Crippen molar-refractivity contribution in [3.05, 3.63) is 123 Å². The molecule has 11 heteroatoms. The zero-order valence-electron chi connectivity index (χ0n) is 23.1. The highest BCUT2D eigenvalue weighted by Crippen LogP contribution is 2.44. The molecule has 4 rings (SSSR count). The molecule has 0 bridgehead atoms. The lowest BCUT2D eigenvalue weighted by molar-refractivity contribution is -0.129. The lowest BCUT2D eigenvalue weighted by atomic mass is 9.83. The van der Waals surface area contributed by atoms with Gasteiger partial charge in [-0.3, -0.25) is 10.2 Å². The van der Waals surface area contributed by atoms with Crippen molar-refractivity contribution in [3.8, 4) is 5.75 Å². The minimum absolute atomic E-state index is 0.0503. The molecule has 0 unspecified atom stereocenters. The van der Waals surface area contributed by atoms with E-state index in [0.717, 1.165) is 11.1 Å². The Hall–Kier alpha value is -4.34. The molecule has 3 aromatic carbocycles. The molecule has 0 radical (unpaired) electrons. The van der Waals surface area contributed by atoms with Crippen LogP contribution in [0.15, 0.2) is 95.6 Å². The quantitative estimate of drug-likeness (QED) is 0.0528. The second-order valence-corrected chi connectivity index (χ2v) is 10.1. The van der Waals surface area contributed by atoms with Crippen molar-refractivity contribution in [3.63, 3.8) is 0 Å². The fourth-order valence-electron chi connectivity index (χ4n) is 4.66. The largest absolute Gasteiger partial charge is 0.494 e. The number of aliphatic hydroxyl groups excluding tert-OH is 1. The standard InChI is InChI=1S/C31H33ClN6O4/c1-2-17-31(30(40)37-34-18-16-22-8-12-25(32)13-9-22)28(27-7-4-3-6-24(27)21-35-38-33)42-29(36-31)23-10-14-26(15-11-23)41-20-5-19-39/h2-4,6-15,28,34,39H,1,5,16-21H2,(H,37,40)/t28-,31-/m0/s1. The maximum Gasteiger partial charge on any atom is 0.266 e. The van der Waals surface area contributed by atoms with Crippen LogP contribution in [-0.2, 0) is 22.5 Å². The molecular weight excluding hydrogens is 556 g/mol. The summed E-state index contributed by atoms with van der Waals surface area (Å²) in [5.74, 6) is 0.543. The van der Waals surface area contributed by atoms with Crippen LogP contribution >= 0.6 is 11.6 Å². The van der Waals surface area contributed by atoms with Crippen LogP contribution in [0.2, 0.25) is 5.02 Å². The van der Waals surface area contributed by atoms with Gasteiger partial charge in [0.2, 0.25) is 5.90 Å². The highest BCUT2D eigenvalue weighted by atomic mass is 35.5. The number of carbonyl (C=O) groups excluding carboxylic acids is 1. The first-order valence-corrected chi connectivity index (χ1v) is 14.0. The Morgan fingerprint density at radius 1 is 1.19 bits per heavy atom. The first-order valence-electron chi connectivity index (χ1n) is 13.6. The normalized spacial score (nSPS) is 17.5. The number of benzene rings is 3. The predicted molar refractivity (Wildman–Crippen MR) is 162 cm³/mol. The fraction of sp³-hybridized carbons (Fsp3) is 0.290. The van der Waals surface area contributed by atoms with E-state index in [1.165, 1.54) is 0 Å². The van der Waals surface area contributed by atoms with E-state index >= 15 is 0 Å². The molecule has 1 aliphatic heterocycles. The van der Waals surface area contributed by atoms with E-state index < -0.39 is 11.6 Å². The third-order valence-corrected chi connectivity index (χ3v) is 7.03. The molecule has 0 saturated carbocycles. The molecule has 0 aliphatic carbocycles. The molecule has 3 aromatic rings. The van der Waals surface area contributed by atoms with Gasteiger partial charge in [-0.1, -0.05) is 59.2 Å². The summed E-state index contributed by atoms with van der Waals surface area (Å²) < 4.78 is 12.1. The van der Waals surface area contributed by atoms with Gasteiger partial charge in [-0.15, -0.1) is 6.58 Å². The zero-order chi connectivity index (χ0) is 29.8. The van der Waals surface area contributed by atoms with Crippen LogP contribution in [0.1, 0.15) is 41.2 Å². The minimum Gasteiger partial charge on any atom is -0.494 e. The fourth-order valence-corrected chi connectivity index (χ4v) is 4.79. The average molecular weight is 589 g/mol.